The molecule has 0 atom stereocenters. The highest BCUT2D eigenvalue weighted by atomic mass is 15.1. The summed E-state index contributed by atoms with van der Waals surface area (Å²) in [5.74, 6) is 0. The van der Waals surface area contributed by atoms with Gasteiger partial charge in [-0.25, -0.2) is 0 Å². The van der Waals surface area contributed by atoms with E-state index in [9.17, 15) is 0 Å². The van der Waals surface area contributed by atoms with Gasteiger partial charge in [-0.3, -0.25) is 0 Å². The van der Waals surface area contributed by atoms with E-state index in [1.165, 1.54) is 45.3 Å². The smallest absolute Gasteiger partial charge is 0.0255 e. The van der Waals surface area contributed by atoms with Gasteiger partial charge in [-0.15, -0.1) is 0 Å². The van der Waals surface area contributed by atoms with Crippen LogP contribution in [-0.4, -0.2) is 49.8 Å². The molecule has 0 radical (unpaired) electrons. The molecule has 126 valence electrons. The van der Waals surface area contributed by atoms with E-state index in [-0.39, 0.29) is 11.1 Å². The summed E-state index contributed by atoms with van der Waals surface area (Å²) < 4.78 is 0. The van der Waals surface area contributed by atoms with E-state index in [0.29, 0.717) is 0 Å². The van der Waals surface area contributed by atoms with E-state index in [1.54, 1.807) is 0 Å². The Morgan fingerprint density at radius 3 is 1.95 bits per heavy atom. The molecule has 0 aromatic rings. The van der Waals surface area contributed by atoms with Gasteiger partial charge in [0.05, 0.1) is 0 Å². The number of unbranched alkanes of at least 4 members (excludes halogenated alkanes) is 1. The van der Waals surface area contributed by atoms with Gasteiger partial charge in [0.2, 0.25) is 0 Å². The highest BCUT2D eigenvalue weighted by Gasteiger charge is 2.31. The van der Waals surface area contributed by atoms with Crippen LogP contribution in [0.2, 0.25) is 0 Å². The van der Waals surface area contributed by atoms with Gasteiger partial charge >= 0.3 is 0 Å². The molecule has 0 spiro atoms. The average Bonchev–Trinajstić information content (AvgIpc) is 2.38. The largest absolute Gasteiger partial charge is 0.317 e. The van der Waals surface area contributed by atoms with E-state index in [4.69, 9.17) is 0 Å². The Hall–Kier alpha value is -0.160. The molecule has 2 saturated heterocycles. The van der Waals surface area contributed by atoms with Gasteiger partial charge in [0, 0.05) is 30.2 Å². The van der Waals surface area contributed by atoms with Gasteiger partial charge in [0.1, 0.15) is 0 Å². The molecule has 0 amide bonds. The summed E-state index contributed by atoms with van der Waals surface area (Å²) in [4.78, 5) is 0. The molecule has 21 heavy (non-hydrogen) atoms. The van der Waals surface area contributed by atoms with E-state index in [0.717, 1.165) is 19.1 Å². The Morgan fingerprint density at radius 2 is 1.52 bits per heavy atom. The van der Waals surface area contributed by atoms with Crippen molar-refractivity contribution in [3.63, 3.8) is 0 Å². The summed E-state index contributed by atoms with van der Waals surface area (Å²) in [5, 5.41) is 13.9. The molecule has 2 heterocycles. The van der Waals surface area contributed by atoms with Crippen molar-refractivity contribution >= 4 is 0 Å². The van der Waals surface area contributed by atoms with E-state index in [2.05, 4.69) is 55.9 Å². The number of piperazine rings is 1. The lowest BCUT2D eigenvalue weighted by Gasteiger charge is -2.42. The summed E-state index contributed by atoms with van der Waals surface area (Å²) >= 11 is 0. The third-order valence-electron chi connectivity index (χ3n) is 4.11. The molecule has 0 aromatic heterocycles. The molecular weight excluding hydrogens is 260 g/mol. The van der Waals surface area contributed by atoms with Crippen LogP contribution in [0.1, 0.15) is 60.3 Å². The molecule has 0 unspecified atom stereocenters. The van der Waals surface area contributed by atoms with Crippen molar-refractivity contribution in [2.75, 3.05) is 32.7 Å². The zero-order valence-electron chi connectivity index (χ0n) is 14.9. The first-order chi connectivity index (χ1) is 9.85. The van der Waals surface area contributed by atoms with E-state index in [1.807, 2.05) is 0 Å². The van der Waals surface area contributed by atoms with Crippen molar-refractivity contribution in [1.29, 1.82) is 0 Å². The molecule has 0 aliphatic carbocycles. The topological polar surface area (TPSA) is 48.1 Å². The van der Waals surface area contributed by atoms with Crippen LogP contribution in [0.25, 0.3) is 0 Å². The van der Waals surface area contributed by atoms with Crippen LogP contribution in [0.4, 0.5) is 0 Å². The predicted octanol–water partition coefficient (Wildman–Crippen LogP) is 1.86. The van der Waals surface area contributed by atoms with Gasteiger partial charge in [-0.1, -0.05) is 13.3 Å². The van der Waals surface area contributed by atoms with Crippen LogP contribution in [-0.2, 0) is 0 Å². The van der Waals surface area contributed by atoms with Crippen molar-refractivity contribution in [2.45, 2.75) is 77.4 Å². The van der Waals surface area contributed by atoms with Crippen LogP contribution in [0, 0.1) is 0 Å². The van der Waals surface area contributed by atoms with Crippen LogP contribution in [0.3, 0.4) is 0 Å². The number of rotatable bonds is 4. The van der Waals surface area contributed by atoms with Gasteiger partial charge in [-0.2, -0.15) is 0 Å². The maximum atomic E-state index is 3.58. The quantitative estimate of drug-likeness (QED) is 0.599. The summed E-state index contributed by atoms with van der Waals surface area (Å²) in [7, 11) is 0. The minimum absolute atomic E-state index is 0.252. The maximum absolute atomic E-state index is 3.58. The van der Waals surface area contributed by atoms with Crippen molar-refractivity contribution in [2.24, 2.45) is 0 Å². The summed E-state index contributed by atoms with van der Waals surface area (Å²) in [6.45, 7) is 16.9. The molecule has 2 aliphatic heterocycles. The lowest BCUT2D eigenvalue weighted by molar-refractivity contribution is 0.201. The Morgan fingerprint density at radius 1 is 0.952 bits per heavy atom. The Kier molecular flexibility index (Phi) is 8.17. The molecule has 4 heteroatoms. The maximum Gasteiger partial charge on any atom is 0.0255 e. The standard InChI is InChI=1S/C9H20N2.C8H18N2/c1-2-3-6-11-9-4-7-10-8-5-9;1-7(2)5-9-6-8(3,4)10-7/h9-11H,2-8H2,1H3;9-10H,5-6H2,1-4H3. The fraction of sp³-hybridized carbons (Fsp3) is 1.00. The Balaban J connectivity index is 0.000000211. The first kappa shape index (κ1) is 18.9. The molecule has 0 saturated carbocycles. The SMILES string of the molecule is CC1(C)CNCC(C)(C)N1.CCCCNC1CCNCC1. The number of nitrogens with one attached hydrogen (secondary N) is 4. The highest BCUT2D eigenvalue weighted by Crippen LogP contribution is 2.13. The predicted molar refractivity (Wildman–Crippen MR) is 93.0 cm³/mol. The molecule has 2 rings (SSSR count). The van der Waals surface area contributed by atoms with Crippen LogP contribution in [0.5, 0.6) is 0 Å². The van der Waals surface area contributed by atoms with Crippen molar-refractivity contribution in [3.05, 3.63) is 0 Å². The lowest BCUT2D eigenvalue weighted by Crippen LogP contribution is -2.65. The zero-order chi connectivity index (χ0) is 15.8. The van der Waals surface area contributed by atoms with Crippen molar-refractivity contribution < 1.29 is 0 Å². The normalized spacial score (nSPS) is 25.0. The van der Waals surface area contributed by atoms with Gasteiger partial charge in [0.25, 0.3) is 0 Å². The fourth-order valence-corrected chi connectivity index (χ4v) is 3.20. The second-order valence-electron chi connectivity index (χ2n) is 7.83. The summed E-state index contributed by atoms with van der Waals surface area (Å²) in [6, 6.07) is 0.794. The molecule has 4 N–H and O–H groups in total. The van der Waals surface area contributed by atoms with Crippen LogP contribution < -0.4 is 21.3 Å². The second-order valence-corrected chi connectivity index (χ2v) is 7.83. The van der Waals surface area contributed by atoms with Crippen molar-refractivity contribution in [1.82, 2.24) is 21.3 Å². The number of piperidine rings is 1. The van der Waals surface area contributed by atoms with Crippen LogP contribution >= 0.6 is 0 Å². The minimum Gasteiger partial charge on any atom is -0.317 e. The third-order valence-corrected chi connectivity index (χ3v) is 4.11. The van der Waals surface area contributed by atoms with Crippen molar-refractivity contribution in [3.8, 4) is 0 Å². The molecule has 2 fully saturated rings. The first-order valence-corrected chi connectivity index (χ1v) is 8.79. The molecule has 4 nitrogen and oxygen atoms in total. The van der Waals surface area contributed by atoms with Gasteiger partial charge in [-0.05, 0) is 66.6 Å². The lowest BCUT2D eigenvalue weighted by atomic mass is 9.93. The minimum atomic E-state index is 0.252. The second kappa shape index (κ2) is 9.09. The Labute approximate surface area is 132 Å². The summed E-state index contributed by atoms with van der Waals surface area (Å²) in [5.41, 5.74) is 0.503. The zero-order valence-corrected chi connectivity index (χ0v) is 14.9. The molecule has 0 aromatic carbocycles. The molecular formula is C17H38N4. The molecule has 0 bridgehead atoms. The first-order valence-electron chi connectivity index (χ1n) is 8.79. The van der Waals surface area contributed by atoms with E-state index >= 15 is 0 Å². The number of hydrogen-bond acceptors (Lipinski definition) is 4. The Bertz CT molecular complexity index is 256. The van der Waals surface area contributed by atoms with Gasteiger partial charge < -0.3 is 21.3 Å². The average molecular weight is 299 g/mol. The summed E-state index contributed by atoms with van der Waals surface area (Å²) in [6.07, 6.45) is 5.25. The fourth-order valence-electron chi connectivity index (χ4n) is 3.20. The van der Waals surface area contributed by atoms with Crippen LogP contribution in [0.15, 0.2) is 0 Å². The highest BCUT2D eigenvalue weighted by molar-refractivity contribution is 4.95. The van der Waals surface area contributed by atoms with Gasteiger partial charge in [0.15, 0.2) is 0 Å². The monoisotopic (exact) mass is 298 g/mol. The van der Waals surface area contributed by atoms with E-state index < -0.39 is 0 Å². The third kappa shape index (κ3) is 8.77. The number of hydrogen-bond donors (Lipinski definition) is 4. The molecule has 2 aliphatic rings.